The molecule has 3 amide bonds. The lowest BCUT2D eigenvalue weighted by atomic mass is 10.1. The molecule has 0 spiro atoms. The van der Waals surface area contributed by atoms with Gasteiger partial charge in [0.2, 0.25) is 0 Å². The highest BCUT2D eigenvalue weighted by atomic mass is 16.2. The molecule has 0 N–H and O–H groups in total. The second kappa shape index (κ2) is 5.05. The highest BCUT2D eigenvalue weighted by molar-refractivity contribution is 6.34. The van der Waals surface area contributed by atoms with Gasteiger partial charge >= 0.3 is 6.03 Å². The van der Waals surface area contributed by atoms with Crippen LogP contribution in [0.25, 0.3) is 0 Å². The number of aryl methyl sites for hydroxylation is 1. The molecule has 5 heteroatoms. The molecule has 0 aliphatic carbocycles. The van der Waals surface area contributed by atoms with Gasteiger partial charge in [-0.15, -0.1) is 0 Å². The molecule has 2 aliphatic heterocycles. The number of anilines is 2. The van der Waals surface area contributed by atoms with E-state index in [-0.39, 0.29) is 11.9 Å². The molecule has 1 fully saturated rings. The van der Waals surface area contributed by atoms with Crippen molar-refractivity contribution in [2.45, 2.75) is 19.4 Å². The van der Waals surface area contributed by atoms with Crippen molar-refractivity contribution in [3.8, 4) is 0 Å². The molecule has 0 radical (unpaired) electrons. The first-order valence-electron chi connectivity index (χ1n) is 7.60. The Labute approximate surface area is 133 Å². The lowest BCUT2D eigenvalue weighted by Crippen LogP contribution is -2.38. The molecule has 2 aromatic carbocycles. The van der Waals surface area contributed by atoms with Gasteiger partial charge in [0.25, 0.3) is 5.91 Å². The number of benzene rings is 2. The fraction of sp³-hybridized carbons (Fsp3) is 0.167. The molecule has 1 saturated heterocycles. The van der Waals surface area contributed by atoms with Crippen molar-refractivity contribution < 1.29 is 9.59 Å². The SMILES string of the molecule is CCc1ccc(N2C(=O)C3C=Nc4ccccc4N3C2=O)cc1. The topological polar surface area (TPSA) is 53.0 Å². The summed E-state index contributed by atoms with van der Waals surface area (Å²) >= 11 is 0. The Morgan fingerprint density at radius 1 is 1.04 bits per heavy atom. The summed E-state index contributed by atoms with van der Waals surface area (Å²) in [4.78, 5) is 32.6. The fourth-order valence-corrected chi connectivity index (χ4v) is 2.99. The number of aliphatic imine (C=N–C) groups is 1. The Kier molecular flexibility index (Phi) is 3.01. The number of imide groups is 1. The molecule has 0 bridgehead atoms. The van der Waals surface area contributed by atoms with Crippen LogP contribution in [0.4, 0.5) is 21.9 Å². The molecule has 2 aromatic rings. The predicted octanol–water partition coefficient (Wildman–Crippen LogP) is 3.31. The molecule has 1 unspecified atom stereocenters. The highest BCUT2D eigenvalue weighted by Gasteiger charge is 2.47. The number of urea groups is 1. The lowest BCUT2D eigenvalue weighted by Gasteiger charge is -2.24. The first-order valence-corrected chi connectivity index (χ1v) is 7.60. The average molecular weight is 305 g/mol. The summed E-state index contributed by atoms with van der Waals surface area (Å²) in [6.07, 6.45) is 2.46. The number of carbonyl (C=O) groups excluding carboxylic acids is 2. The van der Waals surface area contributed by atoms with E-state index in [4.69, 9.17) is 0 Å². The predicted molar refractivity (Wildman–Crippen MR) is 89.6 cm³/mol. The Balaban J connectivity index is 1.76. The van der Waals surface area contributed by atoms with Crippen LogP contribution in [0, 0.1) is 0 Å². The molecule has 2 aliphatic rings. The van der Waals surface area contributed by atoms with Gasteiger partial charge in [0.15, 0.2) is 6.04 Å². The van der Waals surface area contributed by atoms with E-state index >= 15 is 0 Å². The zero-order valence-electron chi connectivity index (χ0n) is 12.6. The molecule has 23 heavy (non-hydrogen) atoms. The van der Waals surface area contributed by atoms with Crippen molar-refractivity contribution in [1.29, 1.82) is 0 Å². The van der Waals surface area contributed by atoms with E-state index in [1.807, 2.05) is 48.5 Å². The zero-order valence-corrected chi connectivity index (χ0v) is 12.6. The van der Waals surface area contributed by atoms with E-state index < -0.39 is 6.04 Å². The summed E-state index contributed by atoms with van der Waals surface area (Å²) in [6.45, 7) is 2.06. The summed E-state index contributed by atoms with van der Waals surface area (Å²) < 4.78 is 0. The van der Waals surface area contributed by atoms with E-state index in [9.17, 15) is 9.59 Å². The van der Waals surface area contributed by atoms with Crippen LogP contribution in [0.2, 0.25) is 0 Å². The van der Waals surface area contributed by atoms with Gasteiger partial charge in [-0.05, 0) is 36.2 Å². The second-order valence-corrected chi connectivity index (χ2v) is 5.56. The van der Waals surface area contributed by atoms with E-state index in [0.717, 1.165) is 12.0 Å². The van der Waals surface area contributed by atoms with Gasteiger partial charge in [0.1, 0.15) is 0 Å². The number of rotatable bonds is 2. The first-order chi connectivity index (χ1) is 11.2. The van der Waals surface area contributed by atoms with Crippen molar-refractivity contribution in [2.75, 3.05) is 9.80 Å². The van der Waals surface area contributed by atoms with Gasteiger partial charge in [-0.2, -0.15) is 0 Å². The first kappa shape index (κ1) is 13.7. The lowest BCUT2D eigenvalue weighted by molar-refractivity contribution is -0.116. The highest BCUT2D eigenvalue weighted by Crippen LogP contribution is 2.38. The van der Waals surface area contributed by atoms with Crippen LogP contribution in [0.15, 0.2) is 53.5 Å². The molecule has 1 atom stereocenters. The monoisotopic (exact) mass is 305 g/mol. The number of hydrogen-bond donors (Lipinski definition) is 0. The summed E-state index contributed by atoms with van der Waals surface area (Å²) in [5.74, 6) is -0.266. The molecule has 0 saturated carbocycles. The average Bonchev–Trinajstić information content (AvgIpc) is 2.86. The van der Waals surface area contributed by atoms with Gasteiger partial charge in [0.05, 0.1) is 17.1 Å². The third kappa shape index (κ3) is 1.97. The van der Waals surface area contributed by atoms with Crippen molar-refractivity contribution >= 4 is 35.2 Å². The van der Waals surface area contributed by atoms with Crippen LogP contribution in [0.5, 0.6) is 0 Å². The second-order valence-electron chi connectivity index (χ2n) is 5.56. The number of carbonyl (C=O) groups is 2. The van der Waals surface area contributed by atoms with E-state index in [1.165, 1.54) is 9.80 Å². The largest absolute Gasteiger partial charge is 0.337 e. The van der Waals surface area contributed by atoms with Gasteiger partial charge in [-0.3, -0.25) is 14.7 Å². The zero-order chi connectivity index (χ0) is 16.0. The molecule has 114 valence electrons. The maximum atomic E-state index is 12.8. The third-order valence-corrected chi connectivity index (χ3v) is 4.25. The van der Waals surface area contributed by atoms with Gasteiger partial charge in [-0.25, -0.2) is 9.69 Å². The van der Waals surface area contributed by atoms with Crippen LogP contribution < -0.4 is 9.80 Å². The summed E-state index contributed by atoms with van der Waals surface area (Å²) in [5.41, 5.74) is 3.13. The van der Waals surface area contributed by atoms with Crippen LogP contribution in [-0.2, 0) is 11.2 Å². The summed E-state index contributed by atoms with van der Waals surface area (Å²) in [5, 5.41) is 0. The normalized spacial score (nSPS) is 19.1. The molecule has 0 aromatic heterocycles. The number of fused-ring (bicyclic) bond motifs is 3. The van der Waals surface area contributed by atoms with Crippen LogP contribution in [-0.4, -0.2) is 24.2 Å². The van der Waals surface area contributed by atoms with Gasteiger partial charge in [-0.1, -0.05) is 31.2 Å². The molecular weight excluding hydrogens is 290 g/mol. The standard InChI is InChI=1S/C18H15N3O2/c1-2-12-7-9-13(10-8-12)20-17(22)16-11-19-14-5-3-4-6-15(14)21(16)18(20)23/h3-11,16H,2H2,1H3. The van der Waals surface area contributed by atoms with Crippen molar-refractivity contribution in [1.82, 2.24) is 0 Å². The quantitative estimate of drug-likeness (QED) is 0.799. The number of amides is 3. The minimum atomic E-state index is -0.664. The molecule has 2 heterocycles. The third-order valence-electron chi connectivity index (χ3n) is 4.25. The maximum absolute atomic E-state index is 12.8. The molecule has 4 rings (SSSR count). The minimum absolute atomic E-state index is 0.266. The number of nitrogens with zero attached hydrogens (tertiary/aromatic N) is 3. The van der Waals surface area contributed by atoms with Crippen LogP contribution in [0.3, 0.4) is 0 Å². The fourth-order valence-electron chi connectivity index (χ4n) is 2.99. The Bertz CT molecular complexity index is 826. The smallest absolute Gasteiger partial charge is 0.274 e. The molecule has 5 nitrogen and oxygen atoms in total. The Morgan fingerprint density at radius 2 is 1.78 bits per heavy atom. The van der Waals surface area contributed by atoms with E-state index in [1.54, 1.807) is 6.21 Å². The van der Waals surface area contributed by atoms with Crippen molar-refractivity contribution in [3.05, 3.63) is 54.1 Å². The Hall–Kier alpha value is -2.95. The number of para-hydroxylation sites is 2. The summed E-state index contributed by atoms with van der Waals surface area (Å²) in [6, 6.07) is 13.9. The molecular formula is C18H15N3O2. The van der Waals surface area contributed by atoms with E-state index in [0.29, 0.717) is 17.1 Å². The summed E-state index contributed by atoms with van der Waals surface area (Å²) in [7, 11) is 0. The van der Waals surface area contributed by atoms with Crippen LogP contribution in [0.1, 0.15) is 12.5 Å². The van der Waals surface area contributed by atoms with Crippen molar-refractivity contribution in [2.24, 2.45) is 4.99 Å². The van der Waals surface area contributed by atoms with E-state index in [2.05, 4.69) is 11.9 Å². The van der Waals surface area contributed by atoms with Crippen LogP contribution >= 0.6 is 0 Å². The maximum Gasteiger partial charge on any atom is 0.337 e. The van der Waals surface area contributed by atoms with Crippen molar-refractivity contribution in [3.63, 3.8) is 0 Å². The van der Waals surface area contributed by atoms with Gasteiger partial charge in [0, 0.05) is 6.21 Å². The number of hydrogen-bond acceptors (Lipinski definition) is 3. The van der Waals surface area contributed by atoms with Gasteiger partial charge < -0.3 is 0 Å². The minimum Gasteiger partial charge on any atom is -0.274 e. The Morgan fingerprint density at radius 3 is 2.52 bits per heavy atom.